The van der Waals surface area contributed by atoms with Crippen LogP contribution < -0.4 is 15.8 Å². The van der Waals surface area contributed by atoms with Crippen LogP contribution in [-0.4, -0.2) is 17.1 Å². The molecule has 0 spiro atoms. The lowest BCUT2D eigenvalue weighted by Gasteiger charge is -2.12. The molecule has 0 radical (unpaired) electrons. The predicted molar refractivity (Wildman–Crippen MR) is 72.7 cm³/mol. The summed E-state index contributed by atoms with van der Waals surface area (Å²) in [6.07, 6.45) is -3.99. The van der Waals surface area contributed by atoms with Crippen molar-refractivity contribution in [1.29, 1.82) is 0 Å². The summed E-state index contributed by atoms with van der Waals surface area (Å²) in [5, 5.41) is 2.03. The Hall–Kier alpha value is -2.22. The molecule has 2 aromatic rings. The van der Waals surface area contributed by atoms with Crippen molar-refractivity contribution in [3.05, 3.63) is 35.1 Å². The summed E-state index contributed by atoms with van der Waals surface area (Å²) in [6.45, 7) is 0. The number of anilines is 3. The fraction of sp³-hybridized carbons (Fsp3) is 0.167. The van der Waals surface area contributed by atoms with Gasteiger partial charge < -0.3 is 15.8 Å². The van der Waals surface area contributed by atoms with Gasteiger partial charge in [0.15, 0.2) is 0 Å². The Kier molecular flexibility index (Phi) is 4.08. The van der Waals surface area contributed by atoms with Crippen molar-refractivity contribution in [2.75, 3.05) is 18.2 Å². The summed E-state index contributed by atoms with van der Waals surface area (Å²) in [4.78, 5) is 7.15. The fourth-order valence-corrected chi connectivity index (χ4v) is 1.78. The molecule has 1 heterocycles. The standard InChI is InChI=1S/C12H10ClF3N4O/c1-21-9-4-6(17)2-3-8(9)19-11-18-5-7(10(13)20-11)12(14,15)16/h2-5H,17H2,1H3,(H,18,19,20). The molecule has 1 aromatic heterocycles. The van der Waals surface area contributed by atoms with Crippen molar-refractivity contribution in [2.24, 2.45) is 0 Å². The lowest BCUT2D eigenvalue weighted by molar-refractivity contribution is -0.137. The highest BCUT2D eigenvalue weighted by Crippen LogP contribution is 2.34. The van der Waals surface area contributed by atoms with E-state index in [0.29, 0.717) is 23.3 Å². The van der Waals surface area contributed by atoms with Crippen molar-refractivity contribution in [1.82, 2.24) is 9.97 Å². The SMILES string of the molecule is COc1cc(N)ccc1Nc1ncc(C(F)(F)F)c(Cl)n1. The smallest absolute Gasteiger partial charge is 0.420 e. The third-order valence-electron chi connectivity index (χ3n) is 2.52. The van der Waals surface area contributed by atoms with Crippen LogP contribution in [0.5, 0.6) is 5.75 Å². The Balaban J connectivity index is 2.31. The first kappa shape index (κ1) is 15.2. The van der Waals surface area contributed by atoms with Gasteiger partial charge in [-0.15, -0.1) is 0 Å². The molecule has 0 aliphatic heterocycles. The minimum absolute atomic E-state index is 0.0870. The second kappa shape index (κ2) is 5.65. The molecule has 1 aromatic carbocycles. The molecule has 21 heavy (non-hydrogen) atoms. The Morgan fingerprint density at radius 3 is 2.62 bits per heavy atom. The van der Waals surface area contributed by atoms with Crippen LogP contribution in [0.3, 0.4) is 0 Å². The van der Waals surface area contributed by atoms with E-state index in [9.17, 15) is 13.2 Å². The first-order chi connectivity index (χ1) is 9.81. The van der Waals surface area contributed by atoms with Crippen molar-refractivity contribution in [3.63, 3.8) is 0 Å². The van der Waals surface area contributed by atoms with E-state index >= 15 is 0 Å². The summed E-state index contributed by atoms with van der Waals surface area (Å²) in [7, 11) is 1.43. The van der Waals surface area contributed by atoms with E-state index in [0.717, 1.165) is 0 Å². The summed E-state index contributed by atoms with van der Waals surface area (Å²) in [6, 6.07) is 4.73. The molecule has 0 fully saturated rings. The summed E-state index contributed by atoms with van der Waals surface area (Å²) in [5.74, 6) is 0.311. The number of hydrogen-bond donors (Lipinski definition) is 2. The van der Waals surface area contributed by atoms with Crippen LogP contribution in [0.25, 0.3) is 0 Å². The molecule has 5 nitrogen and oxygen atoms in total. The number of nitrogen functional groups attached to an aromatic ring is 1. The number of benzene rings is 1. The minimum atomic E-state index is -4.60. The quantitative estimate of drug-likeness (QED) is 0.669. The third kappa shape index (κ3) is 3.46. The monoisotopic (exact) mass is 318 g/mol. The molecule has 2 rings (SSSR count). The zero-order valence-electron chi connectivity index (χ0n) is 10.7. The van der Waals surface area contributed by atoms with Gasteiger partial charge in [0.25, 0.3) is 0 Å². The second-order valence-corrected chi connectivity index (χ2v) is 4.34. The Bertz CT molecular complexity index is 663. The zero-order chi connectivity index (χ0) is 15.6. The number of nitrogens with zero attached hydrogens (tertiary/aromatic N) is 2. The maximum Gasteiger partial charge on any atom is 0.420 e. The number of aromatic nitrogens is 2. The maximum atomic E-state index is 12.6. The van der Waals surface area contributed by atoms with Crippen molar-refractivity contribution < 1.29 is 17.9 Å². The number of ether oxygens (including phenoxy) is 1. The summed E-state index contributed by atoms with van der Waals surface area (Å²) in [5.41, 5.74) is 5.43. The molecule has 0 saturated heterocycles. The zero-order valence-corrected chi connectivity index (χ0v) is 11.5. The first-order valence-corrected chi connectivity index (χ1v) is 5.99. The molecule has 0 aliphatic carbocycles. The summed E-state index contributed by atoms with van der Waals surface area (Å²) >= 11 is 5.52. The molecular formula is C12H10ClF3N4O. The molecule has 0 aliphatic rings. The van der Waals surface area contributed by atoms with Crippen LogP contribution in [0.2, 0.25) is 5.15 Å². The molecule has 0 saturated carbocycles. The predicted octanol–water partition coefficient (Wildman–Crippen LogP) is 3.48. The van der Waals surface area contributed by atoms with Gasteiger partial charge in [0.2, 0.25) is 5.95 Å². The van der Waals surface area contributed by atoms with E-state index < -0.39 is 16.9 Å². The number of nitrogens with one attached hydrogen (secondary N) is 1. The van der Waals surface area contributed by atoms with E-state index in [1.165, 1.54) is 7.11 Å². The van der Waals surface area contributed by atoms with Gasteiger partial charge in [0.05, 0.1) is 12.8 Å². The van der Waals surface area contributed by atoms with Crippen LogP contribution in [0, 0.1) is 0 Å². The molecule has 0 atom stereocenters. The van der Waals surface area contributed by atoms with Crippen LogP contribution in [0.15, 0.2) is 24.4 Å². The number of halogens is 4. The van der Waals surface area contributed by atoms with Gasteiger partial charge >= 0.3 is 6.18 Å². The Morgan fingerprint density at radius 1 is 1.33 bits per heavy atom. The molecule has 9 heteroatoms. The first-order valence-electron chi connectivity index (χ1n) is 5.61. The largest absolute Gasteiger partial charge is 0.494 e. The highest BCUT2D eigenvalue weighted by molar-refractivity contribution is 6.30. The normalized spacial score (nSPS) is 11.3. The van der Waals surface area contributed by atoms with Crippen molar-refractivity contribution in [2.45, 2.75) is 6.18 Å². The highest BCUT2D eigenvalue weighted by atomic mass is 35.5. The van der Waals surface area contributed by atoms with Gasteiger partial charge in [-0.05, 0) is 12.1 Å². The van der Waals surface area contributed by atoms with Gasteiger partial charge in [0, 0.05) is 18.0 Å². The van der Waals surface area contributed by atoms with E-state index in [1.54, 1.807) is 18.2 Å². The van der Waals surface area contributed by atoms with Crippen LogP contribution in [0.1, 0.15) is 5.56 Å². The van der Waals surface area contributed by atoms with Gasteiger partial charge in [-0.1, -0.05) is 11.6 Å². The topological polar surface area (TPSA) is 73.1 Å². The van der Waals surface area contributed by atoms with E-state index in [4.69, 9.17) is 22.1 Å². The number of rotatable bonds is 3. The van der Waals surface area contributed by atoms with Gasteiger partial charge in [-0.25, -0.2) is 9.97 Å². The average molecular weight is 319 g/mol. The maximum absolute atomic E-state index is 12.6. The molecule has 0 bridgehead atoms. The Labute approximate surface area is 122 Å². The van der Waals surface area contributed by atoms with Crippen molar-refractivity contribution in [3.8, 4) is 5.75 Å². The van der Waals surface area contributed by atoms with Crippen LogP contribution in [-0.2, 0) is 6.18 Å². The van der Waals surface area contributed by atoms with Gasteiger partial charge in [-0.3, -0.25) is 0 Å². The summed E-state index contributed by atoms with van der Waals surface area (Å²) < 4.78 is 42.8. The van der Waals surface area contributed by atoms with Gasteiger partial charge in [-0.2, -0.15) is 13.2 Å². The number of hydrogen-bond acceptors (Lipinski definition) is 5. The highest BCUT2D eigenvalue weighted by Gasteiger charge is 2.34. The van der Waals surface area contributed by atoms with Crippen LogP contribution in [0.4, 0.5) is 30.5 Å². The van der Waals surface area contributed by atoms with Gasteiger partial charge in [0.1, 0.15) is 16.5 Å². The molecular weight excluding hydrogens is 309 g/mol. The molecule has 0 amide bonds. The lowest BCUT2D eigenvalue weighted by Crippen LogP contribution is -2.09. The molecule has 3 N–H and O–H groups in total. The Morgan fingerprint density at radius 2 is 2.05 bits per heavy atom. The van der Waals surface area contributed by atoms with Crippen molar-refractivity contribution >= 4 is 28.9 Å². The van der Waals surface area contributed by atoms with E-state index in [-0.39, 0.29) is 5.95 Å². The molecule has 112 valence electrons. The lowest BCUT2D eigenvalue weighted by atomic mass is 10.2. The number of alkyl halides is 3. The van der Waals surface area contributed by atoms with E-state index in [1.807, 2.05) is 0 Å². The average Bonchev–Trinajstić information content (AvgIpc) is 2.39. The number of nitrogens with two attached hydrogens (primary N) is 1. The minimum Gasteiger partial charge on any atom is -0.494 e. The third-order valence-corrected chi connectivity index (χ3v) is 2.81. The second-order valence-electron chi connectivity index (χ2n) is 3.98. The molecule has 0 unspecified atom stereocenters. The number of methoxy groups -OCH3 is 1. The van der Waals surface area contributed by atoms with E-state index in [2.05, 4.69) is 15.3 Å². The van der Waals surface area contributed by atoms with Crippen LogP contribution >= 0.6 is 11.6 Å². The fourth-order valence-electron chi connectivity index (χ4n) is 1.54.